The predicted molar refractivity (Wildman–Crippen MR) is 165 cm³/mol. The minimum absolute atomic E-state index is 0.124. The molecule has 4 heterocycles. The summed E-state index contributed by atoms with van der Waals surface area (Å²) in [6.07, 6.45) is 0.497. The molecule has 0 aromatic heterocycles. The summed E-state index contributed by atoms with van der Waals surface area (Å²) in [7, 11) is 0. The molecule has 8 heteroatoms. The molecule has 0 spiro atoms. The maximum absolute atomic E-state index is 6.33. The largest absolute Gasteiger partial charge is 0.491 e. The topological polar surface area (TPSA) is 87.0 Å². The minimum Gasteiger partial charge on any atom is -0.491 e. The van der Waals surface area contributed by atoms with E-state index in [2.05, 4.69) is 72.8 Å². The van der Waals surface area contributed by atoms with Gasteiger partial charge >= 0.3 is 0 Å². The van der Waals surface area contributed by atoms with Gasteiger partial charge in [-0.15, -0.1) is 0 Å². The fourth-order valence-corrected chi connectivity index (χ4v) is 6.35. The molecule has 0 N–H and O–H groups in total. The highest BCUT2D eigenvalue weighted by atomic mass is 16.6. The van der Waals surface area contributed by atoms with Crippen molar-refractivity contribution in [1.82, 2.24) is 0 Å². The van der Waals surface area contributed by atoms with Gasteiger partial charge in [0.05, 0.1) is 31.8 Å². The average Bonchev–Trinajstić information content (AvgIpc) is 3.87. The van der Waals surface area contributed by atoms with Crippen LogP contribution in [0.4, 0.5) is 0 Å². The van der Waals surface area contributed by atoms with Gasteiger partial charge in [0.15, 0.2) is 0 Å². The van der Waals surface area contributed by atoms with Crippen molar-refractivity contribution >= 4 is 0 Å². The molecule has 0 amide bonds. The maximum Gasteiger partial charge on any atom is 0.123 e. The Morgan fingerprint density at radius 1 is 0.467 bits per heavy atom. The summed E-state index contributed by atoms with van der Waals surface area (Å²) < 4.78 is 47.1. The van der Waals surface area contributed by atoms with E-state index in [4.69, 9.17) is 37.9 Å². The number of hydrogen-bond acceptors (Lipinski definition) is 8. The van der Waals surface area contributed by atoms with E-state index in [1.54, 1.807) is 0 Å². The monoisotopic (exact) mass is 606 g/mol. The molecule has 4 fully saturated rings. The Kier molecular flexibility index (Phi) is 6.70. The smallest absolute Gasteiger partial charge is 0.123 e. The highest BCUT2D eigenvalue weighted by Crippen LogP contribution is 2.57. The first-order valence-corrected chi connectivity index (χ1v) is 15.7. The van der Waals surface area contributed by atoms with Gasteiger partial charge in [0, 0.05) is 12.1 Å². The molecule has 9 rings (SSSR count). The fourth-order valence-electron chi connectivity index (χ4n) is 6.35. The molecular weight excluding hydrogens is 572 g/mol. The van der Waals surface area contributed by atoms with Gasteiger partial charge in [-0.05, 0) is 57.6 Å². The Morgan fingerprint density at radius 2 is 0.778 bits per heavy atom. The van der Waals surface area contributed by atoms with Gasteiger partial charge in [0.25, 0.3) is 0 Å². The molecule has 4 unspecified atom stereocenters. The molecule has 1 aliphatic carbocycles. The lowest BCUT2D eigenvalue weighted by atomic mass is 9.67. The van der Waals surface area contributed by atoms with Gasteiger partial charge in [-0.1, -0.05) is 48.5 Å². The van der Waals surface area contributed by atoms with Crippen LogP contribution in [-0.4, -0.2) is 77.3 Å². The Morgan fingerprint density at radius 3 is 1.09 bits per heavy atom. The van der Waals surface area contributed by atoms with E-state index in [1.807, 2.05) is 12.1 Å². The number of epoxide rings is 4. The van der Waals surface area contributed by atoms with Crippen LogP contribution < -0.4 is 18.9 Å². The Bertz CT molecular complexity index is 1520. The second kappa shape index (κ2) is 11.1. The van der Waals surface area contributed by atoms with Crippen molar-refractivity contribution in [2.24, 2.45) is 0 Å². The quantitative estimate of drug-likeness (QED) is 0.160. The molecule has 0 radical (unpaired) electrons. The van der Waals surface area contributed by atoms with Crippen LogP contribution in [0.1, 0.15) is 22.3 Å². The number of ether oxygens (including phenoxy) is 8. The van der Waals surface area contributed by atoms with E-state index in [1.165, 1.54) is 22.3 Å². The zero-order chi connectivity index (χ0) is 29.8. The normalized spacial score (nSPS) is 24.3. The number of fused-ring (bicyclic) bond motifs is 3. The molecule has 0 bridgehead atoms. The van der Waals surface area contributed by atoms with Crippen LogP contribution in [0.25, 0.3) is 11.1 Å². The van der Waals surface area contributed by atoms with Gasteiger partial charge in [-0.3, -0.25) is 0 Å². The van der Waals surface area contributed by atoms with Gasteiger partial charge in [0.1, 0.15) is 73.8 Å². The van der Waals surface area contributed by atoms with E-state index in [-0.39, 0.29) is 24.4 Å². The lowest BCUT2D eigenvalue weighted by Crippen LogP contribution is -2.29. The van der Waals surface area contributed by atoms with E-state index < -0.39 is 5.41 Å². The predicted octanol–water partition coefficient (Wildman–Crippen LogP) is 5.16. The summed E-state index contributed by atoms with van der Waals surface area (Å²) >= 11 is 0. The van der Waals surface area contributed by atoms with Crippen LogP contribution in [0.2, 0.25) is 0 Å². The lowest BCUT2D eigenvalue weighted by molar-refractivity contribution is 0.251. The SMILES string of the molecule is c1ccc2c(c1)-c1ccccc1C2(c1cc(OCC2CO2)cc(OCC2CO2)c1)c1cc(OCC2CO2)cc(OCC2CO2)c1. The maximum atomic E-state index is 6.33. The second-order valence-corrected chi connectivity index (χ2v) is 12.3. The summed E-state index contributed by atoms with van der Waals surface area (Å²) in [6.45, 7) is 4.84. The summed E-state index contributed by atoms with van der Waals surface area (Å²) in [4.78, 5) is 0. The summed E-state index contributed by atoms with van der Waals surface area (Å²) in [5.41, 5.74) is 6.05. The highest BCUT2D eigenvalue weighted by Gasteiger charge is 2.47. The van der Waals surface area contributed by atoms with Crippen LogP contribution in [0.5, 0.6) is 23.0 Å². The molecular formula is C37H34O8. The van der Waals surface area contributed by atoms with Crippen molar-refractivity contribution in [3.05, 3.63) is 107 Å². The summed E-state index contributed by atoms with van der Waals surface area (Å²) in [6, 6.07) is 29.8. The van der Waals surface area contributed by atoms with E-state index in [0.29, 0.717) is 26.4 Å². The number of rotatable bonds is 14. The molecule has 4 aliphatic heterocycles. The Hall–Kier alpha value is -4.08. The third-order valence-corrected chi connectivity index (χ3v) is 8.93. The molecule has 4 saturated heterocycles. The standard InChI is InChI=1S/C37H34O8/c1-3-7-35-33(5-1)34-6-2-4-8-36(34)37(35,23-9-25(38-15-29-19-42-29)13-26(10-23)39-16-30-20-43-30)24-11-27(40-17-31-21-44-31)14-28(12-24)41-18-32-22-45-32/h1-14,29-32H,15-22H2. The number of benzene rings is 4. The van der Waals surface area contributed by atoms with Crippen molar-refractivity contribution in [3.8, 4) is 34.1 Å². The molecule has 8 nitrogen and oxygen atoms in total. The zero-order valence-corrected chi connectivity index (χ0v) is 24.8. The van der Waals surface area contributed by atoms with Crippen molar-refractivity contribution < 1.29 is 37.9 Å². The van der Waals surface area contributed by atoms with Gasteiger partial charge in [0.2, 0.25) is 0 Å². The average molecular weight is 607 g/mol. The molecule has 5 aliphatic rings. The van der Waals surface area contributed by atoms with Crippen LogP contribution in [-0.2, 0) is 24.4 Å². The van der Waals surface area contributed by atoms with Crippen molar-refractivity contribution in [3.63, 3.8) is 0 Å². The minimum atomic E-state index is -0.722. The third kappa shape index (κ3) is 5.53. The fraction of sp³-hybridized carbons (Fsp3) is 0.351. The van der Waals surface area contributed by atoms with E-state index in [9.17, 15) is 0 Å². The summed E-state index contributed by atoms with van der Waals surface area (Å²) in [5, 5.41) is 0. The van der Waals surface area contributed by atoms with E-state index in [0.717, 1.165) is 60.6 Å². The Balaban J connectivity index is 1.24. The molecule has 45 heavy (non-hydrogen) atoms. The van der Waals surface area contributed by atoms with Gasteiger partial charge in [-0.25, -0.2) is 0 Å². The first kappa shape index (κ1) is 27.2. The van der Waals surface area contributed by atoms with Crippen LogP contribution >= 0.6 is 0 Å². The van der Waals surface area contributed by atoms with Crippen LogP contribution in [0, 0.1) is 0 Å². The second-order valence-electron chi connectivity index (χ2n) is 12.3. The zero-order valence-electron chi connectivity index (χ0n) is 24.8. The first-order valence-electron chi connectivity index (χ1n) is 15.7. The molecule has 0 saturated carbocycles. The van der Waals surface area contributed by atoms with Crippen molar-refractivity contribution in [1.29, 1.82) is 0 Å². The highest BCUT2D eigenvalue weighted by molar-refractivity contribution is 5.86. The third-order valence-electron chi connectivity index (χ3n) is 8.93. The first-order chi connectivity index (χ1) is 22.2. The van der Waals surface area contributed by atoms with Gasteiger partial charge < -0.3 is 37.9 Å². The number of hydrogen-bond donors (Lipinski definition) is 0. The van der Waals surface area contributed by atoms with Crippen LogP contribution in [0.15, 0.2) is 84.9 Å². The Labute approximate surface area is 261 Å². The van der Waals surface area contributed by atoms with E-state index >= 15 is 0 Å². The lowest BCUT2D eigenvalue weighted by Gasteiger charge is -2.35. The van der Waals surface area contributed by atoms with Gasteiger partial charge in [-0.2, -0.15) is 0 Å². The van der Waals surface area contributed by atoms with Crippen LogP contribution in [0.3, 0.4) is 0 Å². The summed E-state index contributed by atoms with van der Waals surface area (Å²) in [5.74, 6) is 2.93. The molecule has 4 aromatic rings. The molecule has 230 valence electrons. The molecule has 4 aromatic carbocycles. The molecule has 4 atom stereocenters. The van der Waals surface area contributed by atoms with Crippen molar-refractivity contribution in [2.75, 3.05) is 52.9 Å². The van der Waals surface area contributed by atoms with Crippen molar-refractivity contribution in [2.45, 2.75) is 29.8 Å².